The summed E-state index contributed by atoms with van der Waals surface area (Å²) in [4.78, 5) is 29.1. The first-order valence-corrected chi connectivity index (χ1v) is 7.64. The maximum atomic E-state index is 12.7. The maximum absolute atomic E-state index is 12.7. The number of rotatable bonds is 4. The smallest absolute Gasteiger partial charge is 0.274 e. The van der Waals surface area contributed by atoms with Crippen molar-refractivity contribution in [1.82, 2.24) is 25.3 Å². The molecule has 8 heteroatoms. The zero-order chi connectivity index (χ0) is 18.0. The maximum Gasteiger partial charge on any atom is 0.274 e. The van der Waals surface area contributed by atoms with Gasteiger partial charge >= 0.3 is 0 Å². The minimum atomic E-state index is -0.619. The van der Waals surface area contributed by atoms with E-state index >= 15 is 0 Å². The molecule has 25 heavy (non-hydrogen) atoms. The summed E-state index contributed by atoms with van der Waals surface area (Å²) >= 11 is 0. The number of aromatic nitrogens is 4. The average Bonchev–Trinajstić information content (AvgIpc) is 3.11. The molecule has 3 N–H and O–H groups in total. The fourth-order valence-corrected chi connectivity index (χ4v) is 2.45. The summed E-state index contributed by atoms with van der Waals surface area (Å²) in [5, 5.41) is 2.93. The lowest BCUT2D eigenvalue weighted by molar-refractivity contribution is 0.0907. The summed E-state index contributed by atoms with van der Waals surface area (Å²) in [6, 6.07) is 3.68. The van der Waals surface area contributed by atoms with E-state index in [1.165, 1.54) is 12.6 Å². The van der Waals surface area contributed by atoms with Crippen LogP contribution < -0.4 is 11.1 Å². The van der Waals surface area contributed by atoms with Crippen LogP contribution >= 0.6 is 0 Å². The van der Waals surface area contributed by atoms with Crippen LogP contribution in [0.3, 0.4) is 0 Å². The number of anilines is 1. The summed E-state index contributed by atoms with van der Waals surface area (Å²) in [7, 11) is 0. The Labute approximate surface area is 144 Å². The van der Waals surface area contributed by atoms with Gasteiger partial charge in [0.2, 0.25) is 0 Å². The quantitative estimate of drug-likeness (QED) is 0.747. The number of nitrogens with two attached hydrogens (primary N) is 1. The van der Waals surface area contributed by atoms with Crippen LogP contribution in [0.2, 0.25) is 0 Å². The van der Waals surface area contributed by atoms with Crippen molar-refractivity contribution in [2.24, 2.45) is 0 Å². The summed E-state index contributed by atoms with van der Waals surface area (Å²) in [5.41, 5.74) is 7.30. The van der Waals surface area contributed by atoms with Crippen molar-refractivity contribution in [2.75, 3.05) is 5.73 Å². The number of hydrogen-bond acceptors (Lipinski definition) is 7. The highest BCUT2D eigenvalue weighted by Gasteiger charge is 2.26. The lowest BCUT2D eigenvalue weighted by atomic mass is 9.95. The van der Waals surface area contributed by atoms with Crippen LogP contribution in [0.4, 0.5) is 5.82 Å². The van der Waals surface area contributed by atoms with Crippen LogP contribution in [0.1, 0.15) is 35.6 Å². The lowest BCUT2D eigenvalue weighted by Gasteiger charge is -2.26. The molecule has 128 valence electrons. The molecule has 0 saturated carbocycles. The van der Waals surface area contributed by atoms with Gasteiger partial charge in [0.1, 0.15) is 5.69 Å². The molecule has 0 bridgehead atoms. The van der Waals surface area contributed by atoms with Gasteiger partial charge in [-0.25, -0.2) is 15.0 Å². The number of pyridine rings is 1. The van der Waals surface area contributed by atoms with Gasteiger partial charge in [0, 0.05) is 12.4 Å². The highest BCUT2D eigenvalue weighted by Crippen LogP contribution is 2.23. The lowest BCUT2D eigenvalue weighted by Crippen LogP contribution is -2.41. The molecule has 3 aromatic rings. The summed E-state index contributed by atoms with van der Waals surface area (Å²) in [5.74, 6) is 0.0693. The standard InChI is InChI=1S/C17H18N6O2/c1-10-13(12-8-20-9-25-12)22-15(18)14(21-10)16(24)23-17(2,3)11-4-6-19-7-5-11/h4-9H,1-3H3,(H2,18,22)(H,23,24). The van der Waals surface area contributed by atoms with Gasteiger partial charge in [-0.2, -0.15) is 0 Å². The Balaban J connectivity index is 1.89. The molecule has 1 amide bonds. The Bertz CT molecular complexity index is 891. The zero-order valence-corrected chi connectivity index (χ0v) is 14.1. The monoisotopic (exact) mass is 338 g/mol. The Morgan fingerprint density at radius 3 is 2.56 bits per heavy atom. The third-order valence-corrected chi connectivity index (χ3v) is 3.81. The third kappa shape index (κ3) is 3.32. The third-order valence-electron chi connectivity index (χ3n) is 3.81. The molecule has 0 aliphatic carbocycles. The van der Waals surface area contributed by atoms with E-state index in [2.05, 4.69) is 25.3 Å². The number of oxazole rings is 1. The van der Waals surface area contributed by atoms with Crippen molar-refractivity contribution >= 4 is 11.7 Å². The summed E-state index contributed by atoms with van der Waals surface area (Å²) in [6.07, 6.45) is 6.16. The molecule has 3 heterocycles. The molecular weight excluding hydrogens is 320 g/mol. The molecule has 3 aromatic heterocycles. The zero-order valence-electron chi connectivity index (χ0n) is 14.1. The fraction of sp³-hybridized carbons (Fsp3) is 0.235. The predicted molar refractivity (Wildman–Crippen MR) is 91.4 cm³/mol. The van der Waals surface area contributed by atoms with Crippen LogP contribution in [0.5, 0.6) is 0 Å². The second-order valence-corrected chi connectivity index (χ2v) is 6.07. The van der Waals surface area contributed by atoms with Crippen molar-refractivity contribution < 1.29 is 9.21 Å². The highest BCUT2D eigenvalue weighted by atomic mass is 16.3. The van der Waals surface area contributed by atoms with Gasteiger partial charge < -0.3 is 15.5 Å². The van der Waals surface area contributed by atoms with Crippen LogP contribution in [0.25, 0.3) is 11.5 Å². The number of carbonyl (C=O) groups is 1. The van der Waals surface area contributed by atoms with Gasteiger partial charge in [0.25, 0.3) is 5.91 Å². The van der Waals surface area contributed by atoms with Gasteiger partial charge in [-0.15, -0.1) is 0 Å². The van der Waals surface area contributed by atoms with E-state index in [1.807, 2.05) is 26.0 Å². The van der Waals surface area contributed by atoms with Crippen LogP contribution in [0, 0.1) is 6.92 Å². The van der Waals surface area contributed by atoms with E-state index in [0.717, 1.165) is 5.56 Å². The van der Waals surface area contributed by atoms with E-state index in [1.54, 1.807) is 19.3 Å². The minimum absolute atomic E-state index is 0.0278. The molecule has 0 atom stereocenters. The first kappa shape index (κ1) is 16.6. The van der Waals surface area contributed by atoms with Crippen molar-refractivity contribution in [3.63, 3.8) is 0 Å². The Morgan fingerprint density at radius 2 is 1.92 bits per heavy atom. The number of nitrogens with zero attached hydrogens (tertiary/aromatic N) is 4. The number of nitrogen functional groups attached to an aromatic ring is 1. The van der Waals surface area contributed by atoms with E-state index < -0.39 is 11.4 Å². The largest absolute Gasteiger partial charge is 0.442 e. The molecular formula is C17H18N6O2. The number of aryl methyl sites for hydroxylation is 1. The molecule has 0 fully saturated rings. The van der Waals surface area contributed by atoms with Crippen LogP contribution in [-0.4, -0.2) is 25.8 Å². The Hall–Kier alpha value is -3.29. The summed E-state index contributed by atoms with van der Waals surface area (Å²) in [6.45, 7) is 5.51. The molecule has 0 aromatic carbocycles. The molecule has 8 nitrogen and oxygen atoms in total. The topological polar surface area (TPSA) is 120 Å². The molecule has 0 radical (unpaired) electrons. The van der Waals surface area contributed by atoms with Gasteiger partial charge in [-0.1, -0.05) is 0 Å². The fourth-order valence-electron chi connectivity index (χ4n) is 2.45. The molecule has 0 saturated heterocycles. The first-order chi connectivity index (χ1) is 11.9. The highest BCUT2D eigenvalue weighted by molar-refractivity contribution is 5.97. The van der Waals surface area contributed by atoms with Crippen molar-refractivity contribution in [1.29, 1.82) is 0 Å². The summed E-state index contributed by atoms with van der Waals surface area (Å²) < 4.78 is 5.22. The molecule has 3 rings (SSSR count). The molecule has 0 spiro atoms. The van der Waals surface area contributed by atoms with Crippen LogP contribution in [0.15, 0.2) is 41.5 Å². The van der Waals surface area contributed by atoms with E-state index in [9.17, 15) is 4.79 Å². The Kier molecular flexibility index (Phi) is 4.18. The number of nitrogens with one attached hydrogen (secondary N) is 1. The minimum Gasteiger partial charge on any atom is -0.442 e. The van der Waals surface area contributed by atoms with Gasteiger partial charge in [0.05, 0.1) is 17.4 Å². The number of carbonyl (C=O) groups excluding carboxylic acids is 1. The SMILES string of the molecule is Cc1nc(C(=O)NC(C)(C)c2ccncc2)c(N)nc1-c1cnco1. The van der Waals surface area contributed by atoms with Crippen molar-refractivity contribution in [3.8, 4) is 11.5 Å². The second kappa shape index (κ2) is 6.31. The normalized spacial score (nSPS) is 11.3. The van der Waals surface area contributed by atoms with Gasteiger partial charge in [0.15, 0.2) is 23.7 Å². The first-order valence-electron chi connectivity index (χ1n) is 7.64. The predicted octanol–water partition coefficient (Wildman–Crippen LogP) is 2.08. The van der Waals surface area contributed by atoms with Gasteiger partial charge in [-0.05, 0) is 38.5 Å². The molecule has 0 unspecified atom stereocenters. The van der Waals surface area contributed by atoms with E-state index in [4.69, 9.17) is 10.2 Å². The Morgan fingerprint density at radius 1 is 1.20 bits per heavy atom. The molecule has 0 aliphatic rings. The molecule has 0 aliphatic heterocycles. The van der Waals surface area contributed by atoms with Crippen molar-refractivity contribution in [2.45, 2.75) is 26.3 Å². The van der Waals surface area contributed by atoms with E-state index in [-0.39, 0.29) is 11.5 Å². The van der Waals surface area contributed by atoms with Crippen molar-refractivity contribution in [3.05, 3.63) is 54.1 Å². The average molecular weight is 338 g/mol. The van der Waals surface area contributed by atoms with Crippen LogP contribution in [-0.2, 0) is 5.54 Å². The van der Waals surface area contributed by atoms with Gasteiger partial charge in [-0.3, -0.25) is 9.78 Å². The van der Waals surface area contributed by atoms with E-state index in [0.29, 0.717) is 17.1 Å². The second-order valence-electron chi connectivity index (χ2n) is 6.07. The number of amides is 1. The number of hydrogen-bond donors (Lipinski definition) is 2.